The maximum atomic E-state index is 13.0. The molecule has 1 amide bonds. The van der Waals surface area contributed by atoms with Crippen LogP contribution in [0.2, 0.25) is 5.02 Å². The number of aromatic nitrogens is 3. The molecule has 1 unspecified atom stereocenters. The second kappa shape index (κ2) is 13.4. The number of carbonyl (C=O) groups excluding carboxylic acids is 1. The third-order valence-corrected chi connectivity index (χ3v) is 6.99. The number of aryl methyl sites for hydroxylation is 1. The Bertz CT molecular complexity index is 1470. The molecule has 3 aromatic rings. The zero-order valence-electron chi connectivity index (χ0n) is 22.6. The topological polar surface area (TPSA) is 134 Å². The van der Waals surface area contributed by atoms with Crippen molar-refractivity contribution in [3.63, 3.8) is 0 Å². The molecule has 0 bridgehead atoms. The Morgan fingerprint density at radius 1 is 1.07 bits per heavy atom. The number of fused-ring (bicyclic) bond motifs is 3. The number of ether oxygens (including phenoxy) is 2. The van der Waals surface area contributed by atoms with Crippen molar-refractivity contribution in [1.82, 2.24) is 20.1 Å². The van der Waals surface area contributed by atoms with E-state index in [9.17, 15) is 13.2 Å². The van der Waals surface area contributed by atoms with Crippen molar-refractivity contribution in [2.75, 3.05) is 39.7 Å². The van der Waals surface area contributed by atoms with Crippen molar-refractivity contribution in [3.8, 4) is 11.4 Å². The van der Waals surface area contributed by atoms with E-state index in [1.165, 1.54) is 0 Å². The third kappa shape index (κ3) is 7.66. The maximum absolute atomic E-state index is 13.0. The number of hydrogen-bond donors (Lipinski definition) is 1. The lowest BCUT2D eigenvalue weighted by Gasteiger charge is -2.14. The Hall–Kier alpha value is -3.32. The number of hydrogen-bond acceptors (Lipinski definition) is 9. The summed E-state index contributed by atoms with van der Waals surface area (Å²) >= 11 is 6.15. The minimum absolute atomic E-state index is 0.0734. The van der Waals surface area contributed by atoms with E-state index in [4.69, 9.17) is 26.1 Å². The van der Waals surface area contributed by atoms with Gasteiger partial charge in [0.1, 0.15) is 17.6 Å². The second-order valence-corrected chi connectivity index (χ2v) is 11.3. The molecule has 1 aromatic heterocycles. The number of halogens is 1. The number of nitrogens with one attached hydrogen (secondary N) is 1. The highest BCUT2D eigenvalue weighted by Crippen LogP contribution is 2.34. The molecule has 0 saturated heterocycles. The molecule has 13 heteroatoms. The van der Waals surface area contributed by atoms with Crippen molar-refractivity contribution in [2.24, 2.45) is 4.99 Å². The quantitative estimate of drug-likeness (QED) is 0.237. The first kappa shape index (κ1) is 29.7. The Morgan fingerprint density at radius 2 is 1.82 bits per heavy atom. The van der Waals surface area contributed by atoms with Gasteiger partial charge in [-0.2, -0.15) is 8.42 Å². The summed E-state index contributed by atoms with van der Waals surface area (Å²) in [5, 5.41) is 12.2. The average molecular weight is 590 g/mol. The molecule has 11 nitrogen and oxygen atoms in total. The van der Waals surface area contributed by atoms with E-state index in [1.807, 2.05) is 41.8 Å². The van der Waals surface area contributed by atoms with Gasteiger partial charge < -0.3 is 14.8 Å². The van der Waals surface area contributed by atoms with Crippen LogP contribution in [0.1, 0.15) is 48.1 Å². The molecule has 0 saturated carbocycles. The number of methoxy groups -OCH3 is 1. The Labute approximate surface area is 238 Å². The summed E-state index contributed by atoms with van der Waals surface area (Å²) in [5.74, 6) is 1.75. The molecule has 1 N–H and O–H groups in total. The lowest BCUT2D eigenvalue weighted by molar-refractivity contribution is -0.121. The Morgan fingerprint density at radius 3 is 2.55 bits per heavy atom. The number of nitrogens with zero attached hydrogens (tertiary/aromatic N) is 4. The normalized spacial score (nSPS) is 14.6. The van der Waals surface area contributed by atoms with Gasteiger partial charge in [-0.25, -0.2) is 0 Å². The standard InChI is InChI=1S/C27H32ClN5O6S/c1-18-31-32-27-23(17-25(34)29-12-4-13-38-14-5-15-39-40(3,35)36)30-26(19-6-8-20(28)9-7-19)22-16-21(37-2)10-11-24(22)33(18)27/h6-11,16,23H,4-5,12-15,17H2,1-3H3,(H,29,34). The molecular weight excluding hydrogens is 558 g/mol. The van der Waals surface area contributed by atoms with Crippen molar-refractivity contribution < 1.29 is 26.9 Å². The van der Waals surface area contributed by atoms with Gasteiger partial charge in [-0.05, 0) is 50.1 Å². The zero-order valence-corrected chi connectivity index (χ0v) is 24.2. The lowest BCUT2D eigenvalue weighted by atomic mass is 10.00. The first-order chi connectivity index (χ1) is 19.2. The largest absolute Gasteiger partial charge is 0.497 e. The fourth-order valence-corrected chi connectivity index (χ4v) is 4.85. The molecule has 1 aliphatic heterocycles. The maximum Gasteiger partial charge on any atom is 0.264 e. The summed E-state index contributed by atoms with van der Waals surface area (Å²) in [6.07, 6.45) is 2.15. The van der Waals surface area contributed by atoms with Crippen LogP contribution in [0.5, 0.6) is 5.75 Å². The van der Waals surface area contributed by atoms with Crippen LogP contribution in [-0.4, -0.2) is 74.5 Å². The summed E-state index contributed by atoms with van der Waals surface area (Å²) < 4.78 is 39.5. The van der Waals surface area contributed by atoms with Crippen molar-refractivity contribution >= 4 is 33.3 Å². The van der Waals surface area contributed by atoms with Gasteiger partial charge >= 0.3 is 0 Å². The van der Waals surface area contributed by atoms with Crippen molar-refractivity contribution in [2.45, 2.75) is 32.2 Å². The highest BCUT2D eigenvalue weighted by molar-refractivity contribution is 7.85. The molecule has 40 heavy (non-hydrogen) atoms. The van der Waals surface area contributed by atoms with E-state index in [1.54, 1.807) is 19.2 Å². The van der Waals surface area contributed by atoms with Crippen molar-refractivity contribution in [3.05, 3.63) is 70.3 Å². The fraction of sp³-hybridized carbons (Fsp3) is 0.407. The van der Waals surface area contributed by atoms with Crippen LogP contribution in [0.15, 0.2) is 47.5 Å². The molecule has 4 rings (SSSR count). The van der Waals surface area contributed by atoms with E-state index in [2.05, 4.69) is 19.7 Å². The van der Waals surface area contributed by atoms with Crippen LogP contribution in [0.4, 0.5) is 0 Å². The lowest BCUT2D eigenvalue weighted by Crippen LogP contribution is -2.27. The molecule has 2 aromatic carbocycles. The number of aliphatic imine (C=N–C) groups is 1. The van der Waals surface area contributed by atoms with E-state index in [-0.39, 0.29) is 18.9 Å². The van der Waals surface area contributed by atoms with Crippen LogP contribution >= 0.6 is 11.6 Å². The van der Waals surface area contributed by atoms with Gasteiger partial charge in [-0.15, -0.1) is 10.2 Å². The van der Waals surface area contributed by atoms with Gasteiger partial charge in [0.05, 0.1) is 37.8 Å². The van der Waals surface area contributed by atoms with Crippen LogP contribution in [0.3, 0.4) is 0 Å². The second-order valence-electron chi connectivity index (χ2n) is 9.22. The number of carbonyl (C=O) groups is 1. The molecule has 1 atom stereocenters. The van der Waals surface area contributed by atoms with Gasteiger partial charge in [0, 0.05) is 35.9 Å². The summed E-state index contributed by atoms with van der Waals surface area (Å²) in [6, 6.07) is 12.5. The van der Waals surface area contributed by atoms with Gasteiger partial charge in [-0.3, -0.25) is 18.5 Å². The minimum atomic E-state index is -3.44. The van der Waals surface area contributed by atoms with Gasteiger partial charge in [0.15, 0.2) is 5.82 Å². The van der Waals surface area contributed by atoms with E-state index < -0.39 is 16.2 Å². The van der Waals surface area contributed by atoms with Crippen LogP contribution in [0.25, 0.3) is 5.69 Å². The smallest absolute Gasteiger partial charge is 0.264 e. The molecular formula is C27H32ClN5O6S. The van der Waals surface area contributed by atoms with Gasteiger partial charge in [0.2, 0.25) is 5.91 Å². The number of rotatable bonds is 13. The summed E-state index contributed by atoms with van der Waals surface area (Å²) in [6.45, 7) is 3.15. The van der Waals surface area contributed by atoms with Crippen LogP contribution in [0, 0.1) is 6.92 Å². The molecule has 0 radical (unpaired) electrons. The first-order valence-corrected chi connectivity index (χ1v) is 15.0. The first-order valence-electron chi connectivity index (χ1n) is 12.8. The Balaban J connectivity index is 1.46. The predicted octanol–water partition coefficient (Wildman–Crippen LogP) is 3.41. The van der Waals surface area contributed by atoms with E-state index in [0.717, 1.165) is 23.1 Å². The van der Waals surface area contributed by atoms with E-state index >= 15 is 0 Å². The average Bonchev–Trinajstić information content (AvgIpc) is 3.24. The predicted molar refractivity (Wildman–Crippen MR) is 151 cm³/mol. The molecule has 214 valence electrons. The highest BCUT2D eigenvalue weighted by atomic mass is 35.5. The third-order valence-electron chi connectivity index (χ3n) is 6.15. The minimum Gasteiger partial charge on any atom is -0.497 e. The molecule has 0 spiro atoms. The van der Waals surface area contributed by atoms with E-state index in [0.29, 0.717) is 60.7 Å². The number of benzene rings is 2. The van der Waals surface area contributed by atoms with Gasteiger partial charge in [-0.1, -0.05) is 23.7 Å². The SMILES string of the molecule is COc1ccc2c(c1)C(c1ccc(Cl)cc1)=NC(CC(=O)NCCCOCCCOS(C)(=O)=O)c1nnc(C)n1-2. The molecule has 2 heterocycles. The zero-order chi connectivity index (χ0) is 28.7. The summed E-state index contributed by atoms with van der Waals surface area (Å²) in [7, 11) is -1.83. The van der Waals surface area contributed by atoms with Gasteiger partial charge in [0.25, 0.3) is 10.1 Å². The molecule has 0 aliphatic carbocycles. The fourth-order valence-electron chi connectivity index (χ4n) is 4.30. The Kier molecular flexibility index (Phi) is 9.90. The highest BCUT2D eigenvalue weighted by Gasteiger charge is 2.30. The monoisotopic (exact) mass is 589 g/mol. The number of amides is 1. The summed E-state index contributed by atoms with van der Waals surface area (Å²) in [4.78, 5) is 18.0. The molecule has 1 aliphatic rings. The summed E-state index contributed by atoms with van der Waals surface area (Å²) in [5.41, 5.74) is 3.21. The van der Waals surface area contributed by atoms with Crippen molar-refractivity contribution in [1.29, 1.82) is 0 Å². The van der Waals surface area contributed by atoms with Crippen LogP contribution < -0.4 is 10.1 Å². The van der Waals surface area contributed by atoms with Crippen LogP contribution in [-0.2, 0) is 23.8 Å². The molecule has 0 fully saturated rings.